The molecule has 0 saturated carbocycles. The van der Waals surface area contributed by atoms with Gasteiger partial charge in [-0.1, -0.05) is 0 Å². The third kappa shape index (κ3) is 5.54. The molecule has 2 aromatic carbocycles. The molecule has 1 aromatic heterocycles. The van der Waals surface area contributed by atoms with Gasteiger partial charge >= 0.3 is 0 Å². The normalized spacial score (nSPS) is 22.2. The smallest absolute Gasteiger partial charge is 0.223 e. The first-order valence-electron chi connectivity index (χ1n) is 11.9. The molecule has 217 valence electrons. The van der Waals surface area contributed by atoms with Gasteiger partial charge in [-0.05, 0) is 18.2 Å². The van der Waals surface area contributed by atoms with Crippen molar-refractivity contribution in [1.29, 1.82) is 0 Å². The van der Waals surface area contributed by atoms with E-state index in [1.807, 2.05) is 0 Å². The predicted octanol–water partition coefficient (Wildman–Crippen LogP) is 1.31. The average molecular weight is 731 g/mol. The maximum Gasteiger partial charge on any atom is 0.223 e. The van der Waals surface area contributed by atoms with E-state index >= 15 is 0 Å². The van der Waals surface area contributed by atoms with Crippen LogP contribution >= 0.6 is 0 Å². The van der Waals surface area contributed by atoms with E-state index in [0.717, 1.165) is 0 Å². The van der Waals surface area contributed by atoms with Crippen LogP contribution < -0.4 is 29.7 Å². The van der Waals surface area contributed by atoms with E-state index in [1.165, 1.54) is 47.1 Å². The molecule has 1 amide bonds. The van der Waals surface area contributed by atoms with Crippen molar-refractivity contribution in [2.45, 2.75) is 37.4 Å². The summed E-state index contributed by atoms with van der Waals surface area (Å²) >= 11 is 0. The second kappa shape index (κ2) is 13.0. The van der Waals surface area contributed by atoms with Gasteiger partial charge in [0.05, 0.1) is 34.0 Å². The summed E-state index contributed by atoms with van der Waals surface area (Å²) in [6.07, 6.45) is -8.14. The van der Waals surface area contributed by atoms with Crippen molar-refractivity contribution in [3.05, 3.63) is 52.7 Å². The molecule has 1 aliphatic heterocycles. The molecule has 1 fully saturated rings. The van der Waals surface area contributed by atoms with E-state index in [-0.39, 0.29) is 54.2 Å². The van der Waals surface area contributed by atoms with Crippen LogP contribution in [0.1, 0.15) is 18.6 Å². The standard InChI is InChI=1S/C27H30NO11.Re/c1-6-28-27(33)26-23(32)21(30)22(31)25(39-26)20-17(36-4)11-18-19(24(20)37-5)13(29)10-15(38-18)12-7-8-14(34-2)16(9-12)35-3;/h6-11,21-23,25-26,30-32H,1-5H3,(H,28,33);/q-1;. The van der Waals surface area contributed by atoms with E-state index in [9.17, 15) is 24.9 Å². The van der Waals surface area contributed by atoms with Crippen LogP contribution in [0.4, 0.5) is 0 Å². The van der Waals surface area contributed by atoms with Crippen molar-refractivity contribution in [2.24, 2.45) is 0 Å². The zero-order valence-electron chi connectivity index (χ0n) is 22.3. The molecule has 3 aromatic rings. The summed E-state index contributed by atoms with van der Waals surface area (Å²) in [5.41, 5.74) is 0.210. The molecule has 12 nitrogen and oxygen atoms in total. The van der Waals surface area contributed by atoms with E-state index < -0.39 is 41.9 Å². The van der Waals surface area contributed by atoms with Crippen LogP contribution in [0.5, 0.6) is 23.0 Å². The number of hydrogen-bond acceptors (Lipinski definition) is 11. The van der Waals surface area contributed by atoms with Crippen molar-refractivity contribution in [3.63, 3.8) is 0 Å². The Morgan fingerprint density at radius 1 is 0.900 bits per heavy atom. The Bertz CT molecular complexity index is 1430. The van der Waals surface area contributed by atoms with Gasteiger partial charge in [-0.2, -0.15) is 6.92 Å². The van der Waals surface area contributed by atoms with Gasteiger partial charge in [-0.15, -0.1) is 0 Å². The molecule has 1 radical (unpaired) electrons. The minimum atomic E-state index is -1.76. The Labute approximate surface area is 243 Å². The Morgan fingerprint density at radius 2 is 1.57 bits per heavy atom. The molecule has 1 aliphatic rings. The number of methoxy groups -OCH3 is 4. The first-order valence-corrected chi connectivity index (χ1v) is 11.9. The Balaban J connectivity index is 0.00000441. The van der Waals surface area contributed by atoms with Gasteiger partial charge in [0.1, 0.15) is 52.6 Å². The van der Waals surface area contributed by atoms with Crippen LogP contribution in [0.2, 0.25) is 0 Å². The zero-order valence-corrected chi connectivity index (χ0v) is 25.1. The summed E-state index contributed by atoms with van der Waals surface area (Å²) in [7, 11) is 5.64. The number of ether oxygens (including phenoxy) is 5. The third-order valence-corrected chi connectivity index (χ3v) is 6.51. The summed E-state index contributed by atoms with van der Waals surface area (Å²) in [5.74, 6) is 0.460. The third-order valence-electron chi connectivity index (χ3n) is 6.51. The van der Waals surface area contributed by atoms with E-state index in [1.54, 1.807) is 25.1 Å². The number of carbonyl (C=O) groups excluding carboxylic acids is 1. The molecule has 13 heteroatoms. The van der Waals surface area contributed by atoms with Gasteiger partial charge in [0, 0.05) is 38.1 Å². The molecular formula is C27H30NO11Re-. The maximum absolute atomic E-state index is 13.4. The second-order valence-corrected chi connectivity index (χ2v) is 8.69. The van der Waals surface area contributed by atoms with E-state index in [4.69, 9.17) is 28.1 Å². The molecule has 2 heterocycles. The summed E-state index contributed by atoms with van der Waals surface area (Å²) in [6, 6.07) is 7.72. The van der Waals surface area contributed by atoms with Crippen LogP contribution in [0.3, 0.4) is 0 Å². The number of amides is 1. The molecule has 1 saturated heterocycles. The number of aliphatic hydroxyl groups excluding tert-OH is 3. The van der Waals surface area contributed by atoms with Gasteiger partial charge in [-0.25, -0.2) is 6.54 Å². The fourth-order valence-corrected chi connectivity index (χ4v) is 4.62. The Kier molecular flexibility index (Phi) is 10.2. The zero-order chi connectivity index (χ0) is 28.4. The molecule has 5 unspecified atom stereocenters. The molecule has 4 rings (SSSR count). The van der Waals surface area contributed by atoms with Crippen molar-refractivity contribution in [1.82, 2.24) is 5.32 Å². The van der Waals surface area contributed by atoms with Crippen LogP contribution in [-0.4, -0.2) is 74.1 Å². The molecule has 5 atom stereocenters. The number of aliphatic hydroxyl groups is 3. The monoisotopic (exact) mass is 731 g/mol. The van der Waals surface area contributed by atoms with Crippen LogP contribution in [0.15, 0.2) is 39.5 Å². The molecule has 0 bridgehead atoms. The van der Waals surface area contributed by atoms with Crippen molar-refractivity contribution in [3.8, 4) is 34.3 Å². The fourth-order valence-electron chi connectivity index (χ4n) is 4.62. The number of fused-ring (bicyclic) bond motifs is 1. The van der Waals surface area contributed by atoms with Crippen molar-refractivity contribution < 1.29 is 68.6 Å². The molecule has 0 aliphatic carbocycles. The Hall–Kier alpha value is -3.18. The Morgan fingerprint density at radius 3 is 2.17 bits per heavy atom. The second-order valence-electron chi connectivity index (χ2n) is 8.69. The minimum absolute atomic E-state index is 0. The van der Waals surface area contributed by atoms with Gasteiger partial charge in [0.2, 0.25) is 5.91 Å². The number of benzene rings is 2. The fraction of sp³-hybridized carbons (Fsp3) is 0.370. The number of carbonyl (C=O) groups is 1. The van der Waals surface area contributed by atoms with Crippen LogP contribution in [0.25, 0.3) is 22.3 Å². The SMILES string of the molecule is C[CH-]NC(=O)C1OC(c2c(OC)cc3oc(-c4ccc(OC)c(OC)c4)cc(=O)c3c2OC)C(O)C(O)C1O.[Re]. The van der Waals surface area contributed by atoms with Gasteiger partial charge < -0.3 is 48.7 Å². The van der Waals surface area contributed by atoms with E-state index in [0.29, 0.717) is 17.1 Å². The number of hydrogen-bond donors (Lipinski definition) is 4. The predicted molar refractivity (Wildman–Crippen MR) is 138 cm³/mol. The average Bonchev–Trinajstić information content (AvgIpc) is 2.94. The largest absolute Gasteiger partial charge is 0.504 e. The molecular weight excluding hydrogens is 701 g/mol. The van der Waals surface area contributed by atoms with Gasteiger partial charge in [0.15, 0.2) is 23.0 Å². The van der Waals surface area contributed by atoms with Crippen molar-refractivity contribution in [2.75, 3.05) is 28.4 Å². The van der Waals surface area contributed by atoms with Gasteiger partial charge in [-0.3, -0.25) is 9.59 Å². The first kappa shape index (κ1) is 31.4. The maximum atomic E-state index is 13.4. The molecule has 0 spiro atoms. The van der Waals surface area contributed by atoms with E-state index in [2.05, 4.69) is 5.32 Å². The molecule has 40 heavy (non-hydrogen) atoms. The topological polar surface area (TPSA) is 166 Å². The molecule has 4 N–H and O–H groups in total. The van der Waals surface area contributed by atoms with Crippen LogP contribution in [-0.2, 0) is 30.0 Å². The summed E-state index contributed by atoms with van der Waals surface area (Å²) in [6.45, 7) is 2.89. The number of nitrogens with one attached hydrogen (secondary N) is 1. The van der Waals surface area contributed by atoms with Crippen molar-refractivity contribution >= 4 is 16.9 Å². The minimum Gasteiger partial charge on any atom is -0.504 e. The summed E-state index contributed by atoms with van der Waals surface area (Å²) in [4.78, 5) is 25.9. The van der Waals surface area contributed by atoms with Gasteiger partial charge in [0.25, 0.3) is 0 Å². The first-order chi connectivity index (χ1) is 18.7. The van der Waals surface area contributed by atoms with Crippen LogP contribution in [0, 0.1) is 6.54 Å². The quantitative estimate of drug-likeness (QED) is 0.247. The summed E-state index contributed by atoms with van der Waals surface area (Å²) < 4.78 is 33.6. The number of rotatable bonds is 8. The summed E-state index contributed by atoms with van der Waals surface area (Å²) in [5, 5.41) is 34.2.